The molecule has 2 rings (SSSR count). The summed E-state index contributed by atoms with van der Waals surface area (Å²) in [6.07, 6.45) is 9.68. The number of hydrogen-bond donors (Lipinski definition) is 1. The second-order valence-electron chi connectivity index (χ2n) is 3.64. The van der Waals surface area contributed by atoms with E-state index in [-0.39, 0.29) is 0 Å². The Hall–Kier alpha value is -1.42. The Balaban J connectivity index is 2.41. The van der Waals surface area contributed by atoms with Crippen LogP contribution in [0.5, 0.6) is 0 Å². The first-order valence-corrected chi connectivity index (χ1v) is 5.31. The zero-order chi connectivity index (χ0) is 10.7. The summed E-state index contributed by atoms with van der Waals surface area (Å²) in [6, 6.07) is 0.372. The molecule has 0 amide bonds. The van der Waals surface area contributed by atoms with Gasteiger partial charge in [0.2, 0.25) is 0 Å². The Morgan fingerprint density at radius 3 is 3.07 bits per heavy atom. The first-order valence-electron chi connectivity index (χ1n) is 5.31. The van der Waals surface area contributed by atoms with Gasteiger partial charge in [-0.1, -0.05) is 13.3 Å². The molecule has 0 fully saturated rings. The van der Waals surface area contributed by atoms with Crippen molar-refractivity contribution in [3.05, 3.63) is 30.4 Å². The lowest BCUT2D eigenvalue weighted by Crippen LogP contribution is -2.15. The lowest BCUT2D eigenvalue weighted by Gasteiger charge is -2.13. The zero-order valence-corrected chi connectivity index (χ0v) is 9.14. The predicted octanol–water partition coefficient (Wildman–Crippen LogP) is 1.79. The predicted molar refractivity (Wildman–Crippen MR) is 59.7 cm³/mol. The van der Waals surface area contributed by atoms with E-state index in [1.54, 1.807) is 6.20 Å². The van der Waals surface area contributed by atoms with Crippen LogP contribution in [0, 0.1) is 0 Å². The van der Waals surface area contributed by atoms with Crippen LogP contribution < -0.4 is 5.32 Å². The summed E-state index contributed by atoms with van der Waals surface area (Å²) in [6.45, 7) is 2.19. The maximum absolute atomic E-state index is 4.31. The number of aromatic nitrogens is 3. The van der Waals surface area contributed by atoms with Gasteiger partial charge in [-0.25, -0.2) is 4.52 Å². The van der Waals surface area contributed by atoms with E-state index in [0.717, 1.165) is 18.4 Å². The summed E-state index contributed by atoms with van der Waals surface area (Å²) >= 11 is 0. The van der Waals surface area contributed by atoms with Crippen LogP contribution in [0.3, 0.4) is 0 Å². The van der Waals surface area contributed by atoms with E-state index in [4.69, 9.17) is 0 Å². The summed E-state index contributed by atoms with van der Waals surface area (Å²) in [5.74, 6) is 0. The number of nitrogens with one attached hydrogen (secondary N) is 1. The van der Waals surface area contributed by atoms with E-state index >= 15 is 0 Å². The summed E-state index contributed by atoms with van der Waals surface area (Å²) in [7, 11) is 1.99. The van der Waals surface area contributed by atoms with Crippen LogP contribution in [0.4, 0.5) is 0 Å². The quantitative estimate of drug-likeness (QED) is 0.825. The first kappa shape index (κ1) is 10.1. The molecule has 0 saturated carbocycles. The van der Waals surface area contributed by atoms with E-state index < -0.39 is 0 Å². The average Bonchev–Trinajstić information content (AvgIpc) is 2.70. The minimum absolute atomic E-state index is 0.372. The minimum Gasteiger partial charge on any atom is -0.313 e. The molecular weight excluding hydrogens is 188 g/mol. The molecule has 0 aromatic carbocycles. The van der Waals surface area contributed by atoms with Crippen molar-refractivity contribution in [1.29, 1.82) is 0 Å². The fourth-order valence-electron chi connectivity index (χ4n) is 1.87. The molecule has 4 nitrogen and oxygen atoms in total. The third kappa shape index (κ3) is 1.85. The standard InChI is InChI=1S/C11H16N4/c1-3-4-10(12-2)9-7-14-15-6-5-13-8-11(9)15/h5-8,10,12H,3-4H2,1-2H3. The maximum Gasteiger partial charge on any atom is 0.0892 e. The van der Waals surface area contributed by atoms with Gasteiger partial charge in [0.1, 0.15) is 0 Å². The Bertz CT molecular complexity index is 435. The van der Waals surface area contributed by atoms with E-state index in [1.165, 1.54) is 5.56 Å². The third-order valence-electron chi connectivity index (χ3n) is 2.66. The molecule has 80 valence electrons. The second-order valence-corrected chi connectivity index (χ2v) is 3.64. The number of rotatable bonds is 4. The summed E-state index contributed by atoms with van der Waals surface area (Å²) in [4.78, 5) is 4.13. The van der Waals surface area contributed by atoms with Crippen LogP contribution in [-0.4, -0.2) is 21.6 Å². The highest BCUT2D eigenvalue weighted by Gasteiger charge is 2.13. The van der Waals surface area contributed by atoms with Crippen molar-refractivity contribution in [2.24, 2.45) is 0 Å². The molecule has 1 N–H and O–H groups in total. The minimum atomic E-state index is 0.372. The SMILES string of the molecule is CCCC(NC)c1cnn2ccncc12. The number of nitrogens with zero attached hydrogens (tertiary/aromatic N) is 3. The highest BCUT2D eigenvalue weighted by Crippen LogP contribution is 2.21. The normalized spacial score (nSPS) is 13.2. The van der Waals surface area contributed by atoms with E-state index in [9.17, 15) is 0 Å². The highest BCUT2D eigenvalue weighted by molar-refractivity contribution is 5.53. The van der Waals surface area contributed by atoms with Gasteiger partial charge >= 0.3 is 0 Å². The van der Waals surface area contributed by atoms with Gasteiger partial charge < -0.3 is 5.32 Å². The van der Waals surface area contributed by atoms with Crippen LogP contribution >= 0.6 is 0 Å². The van der Waals surface area contributed by atoms with Gasteiger partial charge in [-0.05, 0) is 13.5 Å². The van der Waals surface area contributed by atoms with Crippen LogP contribution in [0.2, 0.25) is 0 Å². The van der Waals surface area contributed by atoms with Gasteiger partial charge in [0, 0.05) is 24.0 Å². The van der Waals surface area contributed by atoms with Gasteiger partial charge in [-0.3, -0.25) is 4.98 Å². The molecule has 0 aliphatic rings. The molecule has 0 aliphatic heterocycles. The zero-order valence-electron chi connectivity index (χ0n) is 9.14. The number of fused-ring (bicyclic) bond motifs is 1. The molecule has 2 aromatic rings. The van der Waals surface area contributed by atoms with Gasteiger partial charge in [-0.15, -0.1) is 0 Å². The molecule has 0 radical (unpaired) electrons. The summed E-state index contributed by atoms with van der Waals surface area (Å²) in [5, 5.41) is 7.62. The first-order chi connectivity index (χ1) is 7.36. The van der Waals surface area contributed by atoms with Crippen LogP contribution in [0.1, 0.15) is 31.4 Å². The van der Waals surface area contributed by atoms with E-state index in [0.29, 0.717) is 6.04 Å². The molecule has 1 atom stereocenters. The van der Waals surface area contributed by atoms with E-state index in [2.05, 4.69) is 22.3 Å². The molecule has 1 unspecified atom stereocenters. The number of hydrogen-bond acceptors (Lipinski definition) is 3. The summed E-state index contributed by atoms with van der Waals surface area (Å²) in [5.41, 5.74) is 2.32. The van der Waals surface area contributed by atoms with Gasteiger partial charge in [0.15, 0.2) is 0 Å². The molecule has 15 heavy (non-hydrogen) atoms. The molecule has 0 saturated heterocycles. The van der Waals surface area contributed by atoms with Crippen molar-refractivity contribution in [3.8, 4) is 0 Å². The lowest BCUT2D eigenvalue weighted by molar-refractivity contribution is 0.545. The fourth-order valence-corrected chi connectivity index (χ4v) is 1.87. The van der Waals surface area contributed by atoms with Gasteiger partial charge in [0.05, 0.1) is 17.9 Å². The van der Waals surface area contributed by atoms with Crippen molar-refractivity contribution in [2.75, 3.05) is 7.05 Å². The Kier molecular flexibility index (Phi) is 2.97. The highest BCUT2D eigenvalue weighted by atomic mass is 15.2. The molecule has 2 aromatic heterocycles. The van der Waals surface area contributed by atoms with Crippen molar-refractivity contribution in [2.45, 2.75) is 25.8 Å². The second kappa shape index (κ2) is 4.40. The Labute approximate surface area is 89.3 Å². The molecule has 0 bridgehead atoms. The molecule has 2 heterocycles. The van der Waals surface area contributed by atoms with Crippen molar-refractivity contribution >= 4 is 5.52 Å². The molecule has 0 spiro atoms. The largest absolute Gasteiger partial charge is 0.313 e. The van der Waals surface area contributed by atoms with Gasteiger partial charge in [0.25, 0.3) is 0 Å². The van der Waals surface area contributed by atoms with Crippen molar-refractivity contribution < 1.29 is 0 Å². The topological polar surface area (TPSA) is 42.2 Å². The fraction of sp³-hybridized carbons (Fsp3) is 0.455. The third-order valence-corrected chi connectivity index (χ3v) is 2.66. The Morgan fingerprint density at radius 1 is 1.47 bits per heavy atom. The van der Waals surface area contributed by atoms with E-state index in [1.807, 2.05) is 30.2 Å². The van der Waals surface area contributed by atoms with Crippen LogP contribution in [0.15, 0.2) is 24.8 Å². The monoisotopic (exact) mass is 204 g/mol. The maximum atomic E-state index is 4.31. The molecule has 0 aliphatic carbocycles. The van der Waals surface area contributed by atoms with Crippen LogP contribution in [-0.2, 0) is 0 Å². The van der Waals surface area contributed by atoms with Crippen molar-refractivity contribution in [3.63, 3.8) is 0 Å². The molecule has 4 heteroatoms. The summed E-state index contributed by atoms with van der Waals surface area (Å²) < 4.78 is 1.86. The van der Waals surface area contributed by atoms with Crippen molar-refractivity contribution in [1.82, 2.24) is 19.9 Å². The Morgan fingerprint density at radius 2 is 2.33 bits per heavy atom. The smallest absolute Gasteiger partial charge is 0.0892 e. The molecular formula is C11H16N4. The van der Waals surface area contributed by atoms with Gasteiger partial charge in [-0.2, -0.15) is 5.10 Å². The van der Waals surface area contributed by atoms with Crippen LogP contribution in [0.25, 0.3) is 5.52 Å². The lowest BCUT2D eigenvalue weighted by atomic mass is 10.1. The average molecular weight is 204 g/mol.